The molecule has 3 rings (SSSR count). The van der Waals surface area contributed by atoms with Gasteiger partial charge >= 0.3 is 0 Å². The average molecular weight is 337 g/mol. The lowest BCUT2D eigenvalue weighted by molar-refractivity contribution is -0.383. The number of nitro benzene ring substituents is 1. The molecule has 2 aromatic carbocycles. The first kappa shape index (κ1) is 16.7. The Morgan fingerprint density at radius 3 is 2.44 bits per heavy atom. The third-order valence-electron chi connectivity index (χ3n) is 3.46. The summed E-state index contributed by atoms with van der Waals surface area (Å²) in [5.74, 6) is 1.48. The molecular formula is C19H19N3O3. The lowest BCUT2D eigenvalue weighted by atomic mass is 10.1. The van der Waals surface area contributed by atoms with Gasteiger partial charge < -0.3 is 10.1 Å². The summed E-state index contributed by atoms with van der Waals surface area (Å²) in [6, 6.07) is 14.3. The van der Waals surface area contributed by atoms with Crippen molar-refractivity contribution in [1.29, 1.82) is 0 Å². The molecule has 0 aromatic heterocycles. The van der Waals surface area contributed by atoms with Crippen LogP contribution < -0.4 is 10.1 Å². The average Bonchev–Trinajstić information content (AvgIpc) is 2.72. The highest BCUT2D eigenvalue weighted by Crippen LogP contribution is 2.38. The number of aliphatic imine (C=N–C) groups is 1. The minimum absolute atomic E-state index is 0.0539. The SMILES string of the molecule is CC(C)(C)N=C1C=C(c2ccccc2)Oc2cccc([N+](=O)[O-])c2N1. The Kier molecular flexibility index (Phi) is 4.27. The van der Waals surface area contributed by atoms with Crippen molar-refractivity contribution < 1.29 is 9.66 Å². The standard InChI is InChI=1S/C19H19N3O3/c1-19(2,3)21-17-12-16(13-8-5-4-6-9-13)25-15-11-7-10-14(22(23)24)18(15)20-17/h4-12H,1-3H3,(H,20,21). The van der Waals surface area contributed by atoms with Crippen LogP contribution in [0.2, 0.25) is 0 Å². The summed E-state index contributed by atoms with van der Waals surface area (Å²) < 4.78 is 5.99. The zero-order valence-electron chi connectivity index (χ0n) is 14.3. The Bertz CT molecular complexity index is 865. The van der Waals surface area contributed by atoms with Crippen molar-refractivity contribution in [3.05, 3.63) is 70.3 Å². The number of nitro groups is 1. The van der Waals surface area contributed by atoms with Gasteiger partial charge in [0.1, 0.15) is 11.6 Å². The number of anilines is 1. The smallest absolute Gasteiger partial charge is 0.296 e. The second-order valence-corrected chi connectivity index (χ2v) is 6.68. The number of hydrogen-bond donors (Lipinski definition) is 1. The zero-order chi connectivity index (χ0) is 18.0. The maximum atomic E-state index is 11.4. The highest BCUT2D eigenvalue weighted by atomic mass is 16.6. The molecule has 0 aliphatic carbocycles. The topological polar surface area (TPSA) is 76.8 Å². The minimum atomic E-state index is -0.433. The molecular weight excluding hydrogens is 318 g/mol. The van der Waals surface area contributed by atoms with E-state index < -0.39 is 4.92 Å². The molecule has 1 heterocycles. The van der Waals surface area contributed by atoms with E-state index in [9.17, 15) is 10.1 Å². The fourth-order valence-corrected chi connectivity index (χ4v) is 2.48. The molecule has 0 radical (unpaired) electrons. The maximum Gasteiger partial charge on any atom is 0.296 e. The van der Waals surface area contributed by atoms with Crippen molar-refractivity contribution in [2.45, 2.75) is 26.3 Å². The Morgan fingerprint density at radius 1 is 1.08 bits per heavy atom. The van der Waals surface area contributed by atoms with Crippen LogP contribution in [0.4, 0.5) is 11.4 Å². The number of benzene rings is 2. The summed E-state index contributed by atoms with van der Waals surface area (Å²) in [5, 5.41) is 14.5. The molecule has 0 saturated carbocycles. The minimum Gasteiger partial charge on any atom is -0.454 e. The Morgan fingerprint density at radius 2 is 1.80 bits per heavy atom. The molecule has 0 atom stereocenters. The molecule has 0 bridgehead atoms. The Hall–Kier alpha value is -3.15. The molecule has 1 N–H and O–H groups in total. The van der Waals surface area contributed by atoms with Gasteiger partial charge in [-0.1, -0.05) is 36.4 Å². The fraction of sp³-hybridized carbons (Fsp3) is 0.211. The number of nitrogens with one attached hydrogen (secondary N) is 1. The van der Waals surface area contributed by atoms with Gasteiger partial charge in [0.15, 0.2) is 11.4 Å². The van der Waals surface area contributed by atoms with E-state index in [4.69, 9.17) is 4.74 Å². The first-order chi connectivity index (χ1) is 11.8. The lowest BCUT2D eigenvalue weighted by Crippen LogP contribution is -2.18. The molecule has 25 heavy (non-hydrogen) atoms. The number of amidine groups is 1. The van der Waals surface area contributed by atoms with Gasteiger partial charge in [-0.2, -0.15) is 0 Å². The summed E-state index contributed by atoms with van der Waals surface area (Å²) in [6.45, 7) is 5.89. The van der Waals surface area contributed by atoms with Crippen molar-refractivity contribution in [2.75, 3.05) is 5.32 Å². The van der Waals surface area contributed by atoms with Crippen LogP contribution in [0.15, 0.2) is 59.6 Å². The molecule has 1 aliphatic heterocycles. The number of rotatable bonds is 2. The van der Waals surface area contributed by atoms with Crippen molar-refractivity contribution in [2.24, 2.45) is 4.99 Å². The van der Waals surface area contributed by atoms with Gasteiger partial charge in [-0.3, -0.25) is 15.1 Å². The van der Waals surface area contributed by atoms with Crippen LogP contribution in [0, 0.1) is 10.1 Å². The second-order valence-electron chi connectivity index (χ2n) is 6.68. The van der Waals surface area contributed by atoms with Gasteiger partial charge in [0, 0.05) is 17.7 Å². The lowest BCUT2D eigenvalue weighted by Gasteiger charge is -2.14. The Labute approximate surface area is 146 Å². The Balaban J connectivity index is 2.17. The number of para-hydroxylation sites is 1. The van der Waals surface area contributed by atoms with E-state index in [1.165, 1.54) is 6.07 Å². The van der Waals surface area contributed by atoms with Crippen molar-refractivity contribution in [1.82, 2.24) is 0 Å². The number of hydrogen-bond acceptors (Lipinski definition) is 4. The zero-order valence-corrected chi connectivity index (χ0v) is 14.3. The van der Waals surface area contributed by atoms with Gasteiger partial charge in [0.05, 0.1) is 10.5 Å². The molecule has 0 fully saturated rings. The predicted octanol–water partition coefficient (Wildman–Crippen LogP) is 4.64. The molecule has 6 nitrogen and oxygen atoms in total. The van der Waals surface area contributed by atoms with E-state index in [0.29, 0.717) is 23.0 Å². The van der Waals surface area contributed by atoms with Gasteiger partial charge in [-0.15, -0.1) is 0 Å². The maximum absolute atomic E-state index is 11.4. The van der Waals surface area contributed by atoms with Gasteiger partial charge in [0.25, 0.3) is 5.69 Å². The molecule has 0 spiro atoms. The first-order valence-corrected chi connectivity index (χ1v) is 7.93. The van der Waals surface area contributed by atoms with E-state index in [2.05, 4.69) is 10.3 Å². The van der Waals surface area contributed by atoms with Gasteiger partial charge in [0.2, 0.25) is 0 Å². The monoisotopic (exact) mass is 337 g/mol. The van der Waals surface area contributed by atoms with Gasteiger partial charge in [-0.25, -0.2) is 0 Å². The number of nitrogens with zero attached hydrogens (tertiary/aromatic N) is 2. The van der Waals surface area contributed by atoms with E-state index >= 15 is 0 Å². The van der Waals surface area contributed by atoms with Gasteiger partial charge in [-0.05, 0) is 26.8 Å². The van der Waals surface area contributed by atoms with E-state index in [1.807, 2.05) is 51.1 Å². The largest absolute Gasteiger partial charge is 0.454 e. The van der Waals surface area contributed by atoms with E-state index in [-0.39, 0.29) is 11.2 Å². The summed E-state index contributed by atoms with van der Waals surface area (Å²) >= 11 is 0. The molecule has 0 amide bonds. The summed E-state index contributed by atoms with van der Waals surface area (Å²) in [4.78, 5) is 15.6. The fourth-order valence-electron chi connectivity index (χ4n) is 2.48. The third kappa shape index (κ3) is 3.85. The molecule has 2 aromatic rings. The van der Waals surface area contributed by atoms with E-state index in [0.717, 1.165) is 5.56 Å². The van der Waals surface area contributed by atoms with Crippen LogP contribution in [0.1, 0.15) is 26.3 Å². The van der Waals surface area contributed by atoms with Crippen LogP contribution >= 0.6 is 0 Å². The number of ether oxygens (including phenoxy) is 1. The molecule has 0 saturated heterocycles. The molecule has 1 aliphatic rings. The highest BCUT2D eigenvalue weighted by molar-refractivity contribution is 6.10. The molecule has 6 heteroatoms. The van der Waals surface area contributed by atoms with Crippen LogP contribution in [-0.4, -0.2) is 16.3 Å². The number of fused-ring (bicyclic) bond motifs is 1. The van der Waals surface area contributed by atoms with Crippen LogP contribution in [0.3, 0.4) is 0 Å². The summed E-state index contributed by atoms with van der Waals surface area (Å²) in [7, 11) is 0. The van der Waals surface area contributed by atoms with Crippen LogP contribution in [0.25, 0.3) is 5.76 Å². The second kappa shape index (κ2) is 6.39. The highest BCUT2D eigenvalue weighted by Gasteiger charge is 2.24. The molecule has 128 valence electrons. The normalized spacial score (nSPS) is 15.5. The quantitative estimate of drug-likeness (QED) is 0.640. The summed E-state index contributed by atoms with van der Waals surface area (Å²) in [6.07, 6.45) is 1.77. The van der Waals surface area contributed by atoms with Crippen LogP contribution in [-0.2, 0) is 0 Å². The predicted molar refractivity (Wildman–Crippen MR) is 99.0 cm³/mol. The van der Waals surface area contributed by atoms with Crippen molar-refractivity contribution in [3.63, 3.8) is 0 Å². The first-order valence-electron chi connectivity index (χ1n) is 7.93. The van der Waals surface area contributed by atoms with Crippen LogP contribution in [0.5, 0.6) is 5.75 Å². The van der Waals surface area contributed by atoms with Crippen molar-refractivity contribution >= 4 is 23.0 Å². The third-order valence-corrected chi connectivity index (χ3v) is 3.46. The van der Waals surface area contributed by atoms with E-state index in [1.54, 1.807) is 18.2 Å². The summed E-state index contributed by atoms with van der Waals surface area (Å²) in [5.41, 5.74) is 0.763. The molecule has 0 unspecified atom stereocenters. The van der Waals surface area contributed by atoms with Crippen molar-refractivity contribution in [3.8, 4) is 5.75 Å².